The molecule has 29 heavy (non-hydrogen) atoms. The molecule has 152 valence electrons. The average molecular weight is 412 g/mol. The number of hydrogen-bond donors (Lipinski definition) is 0. The molecule has 0 spiro atoms. The molecule has 0 aliphatic carbocycles. The Bertz CT molecular complexity index is 1070. The summed E-state index contributed by atoms with van der Waals surface area (Å²) in [5.74, 6) is -0.878. The summed E-state index contributed by atoms with van der Waals surface area (Å²) in [7, 11) is 0. The van der Waals surface area contributed by atoms with Crippen LogP contribution in [0.2, 0.25) is 0 Å². The maximum atomic E-state index is 12.7. The Balaban J connectivity index is 1.59. The van der Waals surface area contributed by atoms with Crippen molar-refractivity contribution in [3.63, 3.8) is 0 Å². The topological polar surface area (TPSA) is 104 Å². The van der Waals surface area contributed by atoms with Gasteiger partial charge in [-0.3, -0.25) is 4.79 Å². The maximum absolute atomic E-state index is 12.7. The van der Waals surface area contributed by atoms with Gasteiger partial charge in [-0.2, -0.15) is 0 Å². The van der Waals surface area contributed by atoms with Crippen LogP contribution in [-0.4, -0.2) is 54.9 Å². The van der Waals surface area contributed by atoms with Crippen molar-refractivity contribution in [1.29, 1.82) is 0 Å². The van der Waals surface area contributed by atoms with Crippen molar-refractivity contribution >= 4 is 45.7 Å². The number of carboxylic acids is 1. The number of hydrogen-bond acceptors (Lipinski definition) is 7. The van der Waals surface area contributed by atoms with Gasteiger partial charge in [-0.25, -0.2) is 4.98 Å². The number of carbonyl (C=O) groups is 2. The van der Waals surface area contributed by atoms with E-state index in [9.17, 15) is 14.7 Å². The Kier molecular flexibility index (Phi) is 5.66. The quantitative estimate of drug-likeness (QED) is 0.567. The minimum absolute atomic E-state index is 0.0838. The van der Waals surface area contributed by atoms with Crippen molar-refractivity contribution in [2.75, 3.05) is 12.3 Å². The number of piperidine rings is 1. The van der Waals surface area contributed by atoms with Gasteiger partial charge < -0.3 is 19.4 Å². The number of carbonyl (C=O) groups excluding carboxylic acids is 2. The number of para-hydroxylation sites is 1. The van der Waals surface area contributed by atoms with Crippen molar-refractivity contribution in [1.82, 2.24) is 24.6 Å². The van der Waals surface area contributed by atoms with Crippen molar-refractivity contribution in [2.45, 2.75) is 50.4 Å². The zero-order valence-corrected chi connectivity index (χ0v) is 17.0. The van der Waals surface area contributed by atoms with E-state index in [0.29, 0.717) is 27.9 Å². The van der Waals surface area contributed by atoms with Gasteiger partial charge in [0.2, 0.25) is 11.1 Å². The predicted octanol–water partition coefficient (Wildman–Crippen LogP) is 1.61. The second-order valence-electron chi connectivity index (χ2n) is 7.18. The minimum Gasteiger partial charge on any atom is -0.548 e. The number of amides is 1. The maximum Gasteiger partial charge on any atom is 0.233 e. The molecule has 0 bridgehead atoms. The molecular formula is C20H22N5O3S-. The van der Waals surface area contributed by atoms with E-state index in [1.807, 2.05) is 29.2 Å². The van der Waals surface area contributed by atoms with Gasteiger partial charge in [-0.05, 0) is 31.7 Å². The highest BCUT2D eigenvalue weighted by atomic mass is 32.2. The van der Waals surface area contributed by atoms with Crippen LogP contribution in [0.25, 0.3) is 22.1 Å². The monoisotopic (exact) mass is 412 g/mol. The highest BCUT2D eigenvalue weighted by Gasteiger charge is 2.25. The van der Waals surface area contributed by atoms with Crippen LogP contribution in [0.5, 0.6) is 0 Å². The summed E-state index contributed by atoms with van der Waals surface area (Å²) in [4.78, 5) is 30.4. The lowest BCUT2D eigenvalue weighted by Gasteiger charge is -2.35. The third-order valence-electron chi connectivity index (χ3n) is 5.39. The fourth-order valence-corrected chi connectivity index (χ4v) is 4.67. The first-order valence-corrected chi connectivity index (χ1v) is 10.8. The van der Waals surface area contributed by atoms with E-state index in [4.69, 9.17) is 0 Å². The van der Waals surface area contributed by atoms with Gasteiger partial charge in [0.1, 0.15) is 5.52 Å². The summed E-state index contributed by atoms with van der Waals surface area (Å²) in [6, 6.07) is 7.68. The molecule has 1 saturated heterocycles. The number of nitrogens with zero attached hydrogens (tertiary/aromatic N) is 5. The van der Waals surface area contributed by atoms with E-state index < -0.39 is 5.97 Å². The van der Waals surface area contributed by atoms with Crippen molar-refractivity contribution < 1.29 is 14.7 Å². The summed E-state index contributed by atoms with van der Waals surface area (Å²) in [6.07, 6.45) is 4.23. The number of fused-ring (bicyclic) bond motifs is 3. The van der Waals surface area contributed by atoms with Gasteiger partial charge in [-0.1, -0.05) is 36.9 Å². The normalized spacial score (nSPS) is 17.1. The number of aromatic nitrogens is 4. The van der Waals surface area contributed by atoms with E-state index in [2.05, 4.69) is 22.1 Å². The fraction of sp³-hybridized carbons (Fsp3) is 0.450. The lowest BCUT2D eigenvalue weighted by Crippen LogP contribution is -2.44. The van der Waals surface area contributed by atoms with Crippen LogP contribution in [0.4, 0.5) is 0 Å². The van der Waals surface area contributed by atoms with Gasteiger partial charge >= 0.3 is 0 Å². The average Bonchev–Trinajstić information content (AvgIpc) is 3.04. The molecule has 3 heterocycles. The molecule has 0 saturated carbocycles. The van der Waals surface area contributed by atoms with Gasteiger partial charge in [0, 0.05) is 18.0 Å². The highest BCUT2D eigenvalue weighted by molar-refractivity contribution is 7.99. The van der Waals surface area contributed by atoms with Gasteiger partial charge in [-0.15, -0.1) is 10.2 Å². The highest BCUT2D eigenvalue weighted by Crippen LogP contribution is 2.27. The molecule has 9 heteroatoms. The lowest BCUT2D eigenvalue weighted by atomic mass is 10.0. The number of carboxylic acid groups (broad SMARTS) is 1. The number of thioether (sulfide) groups is 1. The first-order valence-electron chi connectivity index (χ1n) is 9.82. The minimum atomic E-state index is -1.20. The van der Waals surface area contributed by atoms with E-state index in [0.717, 1.165) is 31.2 Å². The Morgan fingerprint density at radius 2 is 2.07 bits per heavy atom. The molecule has 3 aromatic rings. The van der Waals surface area contributed by atoms with E-state index in [1.54, 1.807) is 4.57 Å². The van der Waals surface area contributed by atoms with Crippen LogP contribution in [-0.2, 0) is 16.1 Å². The van der Waals surface area contributed by atoms with Crippen LogP contribution in [0, 0.1) is 0 Å². The Labute approximate surface area is 172 Å². The molecule has 4 rings (SSSR count). The zero-order chi connectivity index (χ0) is 20.4. The van der Waals surface area contributed by atoms with Crippen LogP contribution in [0.1, 0.15) is 32.6 Å². The summed E-state index contributed by atoms with van der Waals surface area (Å²) < 4.78 is 1.57. The van der Waals surface area contributed by atoms with E-state index in [1.165, 1.54) is 18.2 Å². The molecule has 1 aliphatic rings. The smallest absolute Gasteiger partial charge is 0.233 e. The molecule has 1 atom stereocenters. The first kappa shape index (κ1) is 19.6. The van der Waals surface area contributed by atoms with Gasteiger partial charge in [0.25, 0.3) is 0 Å². The molecule has 0 unspecified atom stereocenters. The fourth-order valence-electron chi connectivity index (χ4n) is 4.00. The molecule has 1 amide bonds. The van der Waals surface area contributed by atoms with Crippen molar-refractivity contribution in [3.8, 4) is 0 Å². The number of benzene rings is 1. The molecule has 0 N–H and O–H groups in total. The van der Waals surface area contributed by atoms with E-state index >= 15 is 0 Å². The van der Waals surface area contributed by atoms with Crippen molar-refractivity contribution in [3.05, 3.63) is 24.3 Å². The molecule has 2 aromatic heterocycles. The molecule has 1 fully saturated rings. The molecule has 1 aromatic carbocycles. The van der Waals surface area contributed by atoms with Gasteiger partial charge in [0.05, 0.1) is 23.8 Å². The molecule has 1 aliphatic heterocycles. The zero-order valence-electron chi connectivity index (χ0n) is 16.2. The summed E-state index contributed by atoms with van der Waals surface area (Å²) in [5.41, 5.74) is 1.69. The summed E-state index contributed by atoms with van der Waals surface area (Å²) in [5, 5.41) is 20.8. The third kappa shape index (κ3) is 3.91. The van der Waals surface area contributed by atoms with Crippen LogP contribution < -0.4 is 5.11 Å². The first-order chi connectivity index (χ1) is 14.1. The largest absolute Gasteiger partial charge is 0.548 e. The lowest BCUT2D eigenvalue weighted by molar-refractivity contribution is -0.306. The predicted molar refractivity (Wildman–Crippen MR) is 108 cm³/mol. The number of rotatable bonds is 6. The molecular weight excluding hydrogens is 390 g/mol. The Hall–Kier alpha value is -2.68. The second kappa shape index (κ2) is 8.36. The molecule has 0 radical (unpaired) electrons. The number of likely N-dealkylation sites (tertiary alicyclic amines) is 1. The third-order valence-corrected chi connectivity index (χ3v) is 6.21. The van der Waals surface area contributed by atoms with E-state index in [-0.39, 0.29) is 18.2 Å². The second-order valence-corrected chi connectivity index (χ2v) is 8.12. The van der Waals surface area contributed by atoms with Gasteiger partial charge in [0.15, 0.2) is 5.65 Å². The Morgan fingerprint density at radius 1 is 1.24 bits per heavy atom. The Morgan fingerprint density at radius 3 is 2.86 bits per heavy atom. The van der Waals surface area contributed by atoms with Crippen LogP contribution in [0.3, 0.4) is 0 Å². The van der Waals surface area contributed by atoms with Crippen molar-refractivity contribution in [2.24, 2.45) is 0 Å². The SMILES string of the molecule is CC[C@H]1CCCCN1C(=O)CSc1nnc2c3ccccc3n(CC(=O)[O-])c2n1. The summed E-state index contributed by atoms with van der Waals surface area (Å²) >= 11 is 1.23. The number of aliphatic carboxylic acids is 1. The molecule has 8 nitrogen and oxygen atoms in total. The standard InChI is InChI=1S/C20H23N5O3S/c1-2-13-7-5-6-10-24(13)16(26)12-29-20-21-19-18(22-23-20)14-8-3-4-9-15(14)25(19)11-17(27)28/h3-4,8-9,13H,2,5-7,10-12H2,1H3,(H,27,28)/p-1/t13-/m0/s1. The summed E-state index contributed by atoms with van der Waals surface area (Å²) in [6.45, 7) is 2.59. The van der Waals surface area contributed by atoms with Crippen LogP contribution in [0.15, 0.2) is 29.4 Å². The van der Waals surface area contributed by atoms with Crippen LogP contribution >= 0.6 is 11.8 Å².